The number of carbonyl (C=O) groups excluding carboxylic acids is 1. The third kappa shape index (κ3) is 7.64. The number of benzene rings is 2. The molecule has 0 heterocycles. The van der Waals surface area contributed by atoms with Crippen LogP contribution in [0.1, 0.15) is 17.5 Å². The van der Waals surface area contributed by atoms with E-state index in [0.717, 1.165) is 25.1 Å². The van der Waals surface area contributed by atoms with Crippen molar-refractivity contribution in [3.63, 3.8) is 0 Å². The molecule has 3 N–H and O–H groups in total. The Kier molecular flexibility index (Phi) is 10.2. The minimum absolute atomic E-state index is 0. The predicted molar refractivity (Wildman–Crippen MR) is 114 cm³/mol. The highest BCUT2D eigenvalue weighted by Crippen LogP contribution is 2.21. The van der Waals surface area contributed by atoms with Crippen molar-refractivity contribution in [3.05, 3.63) is 69.8 Å². The standard InChI is InChI=1S/C20H26N4O3.ClH/c1-16-7-8-18(24(26)27)15-19(16)22-20(25)10-13-23(14-11-21)12-9-17-5-3-2-4-6-17;/h2-8,15H,9-14,21H2,1H3,(H,22,25);1H. The number of nitrogens with two attached hydrogens (primary N) is 1. The summed E-state index contributed by atoms with van der Waals surface area (Å²) in [4.78, 5) is 24.9. The number of aryl methyl sites for hydroxylation is 1. The summed E-state index contributed by atoms with van der Waals surface area (Å²) in [5, 5.41) is 13.7. The number of halogens is 1. The summed E-state index contributed by atoms with van der Waals surface area (Å²) in [6, 6.07) is 14.6. The fourth-order valence-corrected chi connectivity index (χ4v) is 2.78. The molecule has 0 bridgehead atoms. The van der Waals surface area contributed by atoms with Crippen LogP contribution in [0.2, 0.25) is 0 Å². The molecule has 0 radical (unpaired) electrons. The Bertz CT molecular complexity index is 771. The Morgan fingerprint density at radius 1 is 1.14 bits per heavy atom. The number of hydrogen-bond acceptors (Lipinski definition) is 5. The summed E-state index contributed by atoms with van der Waals surface area (Å²) in [5.74, 6) is -0.166. The zero-order valence-corrected chi connectivity index (χ0v) is 16.8. The van der Waals surface area contributed by atoms with E-state index in [-0.39, 0.29) is 24.0 Å². The van der Waals surface area contributed by atoms with Gasteiger partial charge < -0.3 is 16.0 Å². The number of rotatable bonds is 10. The molecule has 0 aromatic heterocycles. The second-order valence-corrected chi connectivity index (χ2v) is 6.42. The van der Waals surface area contributed by atoms with Gasteiger partial charge in [-0.25, -0.2) is 0 Å². The van der Waals surface area contributed by atoms with Gasteiger partial charge in [-0.2, -0.15) is 0 Å². The number of nitrogens with one attached hydrogen (secondary N) is 1. The SMILES string of the molecule is Cc1ccc([N+](=O)[O-])cc1NC(=O)CCN(CCN)CCc1ccccc1.Cl. The van der Waals surface area contributed by atoms with Crippen LogP contribution in [0.5, 0.6) is 0 Å². The minimum atomic E-state index is -0.471. The van der Waals surface area contributed by atoms with Gasteiger partial charge in [-0.15, -0.1) is 12.4 Å². The highest BCUT2D eigenvalue weighted by Gasteiger charge is 2.12. The van der Waals surface area contributed by atoms with E-state index in [0.29, 0.717) is 25.2 Å². The number of non-ortho nitro benzene ring substituents is 1. The summed E-state index contributed by atoms with van der Waals surface area (Å²) in [6.45, 7) is 4.46. The van der Waals surface area contributed by atoms with Gasteiger partial charge in [-0.1, -0.05) is 36.4 Å². The Morgan fingerprint density at radius 2 is 1.86 bits per heavy atom. The summed E-state index contributed by atoms with van der Waals surface area (Å²) < 4.78 is 0. The number of nitro groups is 1. The Hall–Kier alpha value is -2.48. The van der Waals surface area contributed by atoms with Crippen LogP contribution in [-0.2, 0) is 11.2 Å². The van der Waals surface area contributed by atoms with Gasteiger partial charge in [-0.05, 0) is 24.5 Å². The molecule has 2 aromatic rings. The molecular formula is C20H27ClN4O3. The molecule has 152 valence electrons. The molecule has 0 fully saturated rings. The Labute approximate surface area is 171 Å². The third-order valence-corrected chi connectivity index (χ3v) is 4.37. The van der Waals surface area contributed by atoms with Gasteiger partial charge >= 0.3 is 0 Å². The molecule has 2 aromatic carbocycles. The van der Waals surface area contributed by atoms with Crippen molar-refractivity contribution in [3.8, 4) is 0 Å². The second kappa shape index (κ2) is 12.1. The van der Waals surface area contributed by atoms with Gasteiger partial charge in [0, 0.05) is 44.7 Å². The third-order valence-electron chi connectivity index (χ3n) is 4.37. The molecular weight excluding hydrogens is 380 g/mol. The Morgan fingerprint density at radius 3 is 2.50 bits per heavy atom. The van der Waals surface area contributed by atoms with E-state index in [1.807, 2.05) is 18.2 Å². The van der Waals surface area contributed by atoms with Gasteiger partial charge in [0.05, 0.1) is 10.6 Å². The van der Waals surface area contributed by atoms with Gasteiger partial charge in [0.1, 0.15) is 0 Å². The lowest BCUT2D eigenvalue weighted by molar-refractivity contribution is -0.384. The molecule has 0 aliphatic heterocycles. The lowest BCUT2D eigenvalue weighted by atomic mass is 10.1. The topological polar surface area (TPSA) is 102 Å². The van der Waals surface area contributed by atoms with E-state index in [1.54, 1.807) is 13.0 Å². The van der Waals surface area contributed by atoms with Crippen molar-refractivity contribution in [2.75, 3.05) is 31.5 Å². The van der Waals surface area contributed by atoms with E-state index in [4.69, 9.17) is 5.73 Å². The number of anilines is 1. The van der Waals surface area contributed by atoms with Crippen LogP contribution in [0.15, 0.2) is 48.5 Å². The zero-order valence-electron chi connectivity index (χ0n) is 16.0. The van der Waals surface area contributed by atoms with E-state index >= 15 is 0 Å². The maximum atomic E-state index is 12.3. The number of nitro benzene ring substituents is 1. The van der Waals surface area contributed by atoms with Crippen LogP contribution in [0.25, 0.3) is 0 Å². The predicted octanol–water partition coefficient (Wildman–Crippen LogP) is 3.16. The smallest absolute Gasteiger partial charge is 0.271 e. The van der Waals surface area contributed by atoms with Crippen LogP contribution in [0.3, 0.4) is 0 Å². The molecule has 2 rings (SSSR count). The maximum Gasteiger partial charge on any atom is 0.271 e. The normalized spacial score (nSPS) is 10.4. The van der Waals surface area contributed by atoms with Crippen molar-refractivity contribution < 1.29 is 9.72 Å². The van der Waals surface area contributed by atoms with Crippen LogP contribution in [-0.4, -0.2) is 41.9 Å². The first-order chi connectivity index (χ1) is 13.0. The van der Waals surface area contributed by atoms with E-state index in [9.17, 15) is 14.9 Å². The molecule has 7 nitrogen and oxygen atoms in total. The van der Waals surface area contributed by atoms with Gasteiger partial charge in [0.2, 0.25) is 5.91 Å². The van der Waals surface area contributed by atoms with E-state index in [1.165, 1.54) is 17.7 Å². The average Bonchev–Trinajstić information content (AvgIpc) is 2.66. The molecule has 0 aliphatic carbocycles. The first-order valence-corrected chi connectivity index (χ1v) is 9.01. The summed E-state index contributed by atoms with van der Waals surface area (Å²) in [7, 11) is 0. The van der Waals surface area contributed by atoms with E-state index in [2.05, 4.69) is 22.3 Å². The molecule has 0 aliphatic rings. The molecule has 1 amide bonds. The monoisotopic (exact) mass is 406 g/mol. The van der Waals surface area contributed by atoms with Crippen LogP contribution in [0, 0.1) is 17.0 Å². The van der Waals surface area contributed by atoms with Gasteiger partial charge in [0.15, 0.2) is 0 Å². The average molecular weight is 407 g/mol. The highest BCUT2D eigenvalue weighted by atomic mass is 35.5. The summed E-state index contributed by atoms with van der Waals surface area (Å²) in [6.07, 6.45) is 1.20. The second-order valence-electron chi connectivity index (χ2n) is 6.42. The molecule has 0 spiro atoms. The largest absolute Gasteiger partial charge is 0.329 e. The highest BCUT2D eigenvalue weighted by molar-refractivity contribution is 5.92. The number of nitrogens with zero attached hydrogens (tertiary/aromatic N) is 2. The van der Waals surface area contributed by atoms with Crippen molar-refractivity contribution >= 4 is 29.7 Å². The van der Waals surface area contributed by atoms with Crippen LogP contribution in [0.4, 0.5) is 11.4 Å². The molecule has 0 atom stereocenters. The molecule has 0 unspecified atom stereocenters. The van der Waals surface area contributed by atoms with Crippen molar-refractivity contribution in [1.29, 1.82) is 0 Å². The molecule has 0 saturated heterocycles. The number of hydrogen-bond donors (Lipinski definition) is 2. The maximum absolute atomic E-state index is 12.3. The van der Waals surface area contributed by atoms with Gasteiger partial charge in [0.25, 0.3) is 5.69 Å². The quantitative estimate of drug-likeness (QED) is 0.466. The summed E-state index contributed by atoms with van der Waals surface area (Å²) in [5.41, 5.74) is 8.16. The first-order valence-electron chi connectivity index (χ1n) is 9.01. The first kappa shape index (κ1) is 23.6. The van der Waals surface area contributed by atoms with Crippen molar-refractivity contribution in [2.24, 2.45) is 5.73 Å². The zero-order chi connectivity index (χ0) is 19.6. The number of amides is 1. The minimum Gasteiger partial charge on any atom is -0.329 e. The molecule has 28 heavy (non-hydrogen) atoms. The van der Waals surface area contributed by atoms with Crippen molar-refractivity contribution in [2.45, 2.75) is 19.8 Å². The van der Waals surface area contributed by atoms with E-state index < -0.39 is 4.92 Å². The van der Waals surface area contributed by atoms with Crippen LogP contribution < -0.4 is 11.1 Å². The van der Waals surface area contributed by atoms with Crippen LogP contribution >= 0.6 is 12.4 Å². The summed E-state index contributed by atoms with van der Waals surface area (Å²) >= 11 is 0. The lowest BCUT2D eigenvalue weighted by Crippen LogP contribution is -2.34. The molecule has 0 saturated carbocycles. The molecule has 8 heteroatoms. The number of carbonyl (C=O) groups is 1. The fraction of sp³-hybridized carbons (Fsp3) is 0.350. The fourth-order valence-electron chi connectivity index (χ4n) is 2.78. The lowest BCUT2D eigenvalue weighted by Gasteiger charge is -2.21. The van der Waals surface area contributed by atoms with Crippen molar-refractivity contribution in [1.82, 2.24) is 4.90 Å². The Balaban J connectivity index is 0.00000392. The van der Waals surface area contributed by atoms with Gasteiger partial charge in [-0.3, -0.25) is 14.9 Å².